The average Bonchev–Trinajstić information content (AvgIpc) is 2.73. The van der Waals surface area contributed by atoms with E-state index in [0.29, 0.717) is 17.7 Å². The summed E-state index contributed by atoms with van der Waals surface area (Å²) >= 11 is 0. The van der Waals surface area contributed by atoms with Gasteiger partial charge in [0.25, 0.3) is 0 Å². The molecule has 1 aromatic carbocycles. The van der Waals surface area contributed by atoms with Gasteiger partial charge in [-0.25, -0.2) is 0 Å². The summed E-state index contributed by atoms with van der Waals surface area (Å²) in [5.41, 5.74) is 1.15. The van der Waals surface area contributed by atoms with Crippen molar-refractivity contribution in [3.8, 4) is 11.3 Å². The summed E-state index contributed by atoms with van der Waals surface area (Å²) < 4.78 is 5.06. The Labute approximate surface area is 92.5 Å². The third kappa shape index (κ3) is 1.69. The van der Waals surface area contributed by atoms with Crippen LogP contribution in [0.5, 0.6) is 0 Å². The molecule has 0 aliphatic rings. The van der Waals surface area contributed by atoms with Gasteiger partial charge >= 0.3 is 0 Å². The maximum Gasteiger partial charge on any atom is 0.176 e. The number of aromatic nitrogens is 1. The van der Waals surface area contributed by atoms with Crippen molar-refractivity contribution in [2.24, 2.45) is 0 Å². The smallest absolute Gasteiger partial charge is 0.176 e. The molecular formula is C12H10NO3-. The van der Waals surface area contributed by atoms with E-state index in [9.17, 15) is 9.90 Å². The first kappa shape index (κ1) is 10.4. The minimum absolute atomic E-state index is 0.0497. The third-order valence-corrected chi connectivity index (χ3v) is 2.34. The molecule has 0 aliphatic carbocycles. The van der Waals surface area contributed by atoms with Gasteiger partial charge in [-0.15, -0.1) is 0 Å². The molecule has 4 nitrogen and oxygen atoms in total. The van der Waals surface area contributed by atoms with Gasteiger partial charge in [0.15, 0.2) is 5.76 Å². The zero-order chi connectivity index (χ0) is 11.5. The topological polar surface area (TPSA) is 66.2 Å². The van der Waals surface area contributed by atoms with Crippen molar-refractivity contribution in [3.05, 3.63) is 41.6 Å². The molecule has 0 N–H and O–H groups in total. The second-order valence-electron chi connectivity index (χ2n) is 3.34. The maximum atomic E-state index is 11.0. The van der Waals surface area contributed by atoms with Gasteiger partial charge in [0.1, 0.15) is 0 Å². The number of benzene rings is 1. The van der Waals surface area contributed by atoms with Crippen LogP contribution in [0.1, 0.15) is 23.0 Å². The fourth-order valence-corrected chi connectivity index (χ4v) is 1.56. The maximum absolute atomic E-state index is 11.0. The molecular weight excluding hydrogens is 206 g/mol. The Kier molecular flexibility index (Phi) is 2.72. The molecule has 1 aromatic heterocycles. The van der Waals surface area contributed by atoms with Gasteiger partial charge in [-0.3, -0.25) is 0 Å². The molecule has 2 rings (SSSR count). The normalized spacial score (nSPS) is 10.3. The van der Waals surface area contributed by atoms with E-state index < -0.39 is 5.97 Å². The Morgan fingerprint density at radius 3 is 2.62 bits per heavy atom. The van der Waals surface area contributed by atoms with E-state index in [1.54, 1.807) is 12.1 Å². The zero-order valence-electron chi connectivity index (χ0n) is 8.77. The summed E-state index contributed by atoms with van der Waals surface area (Å²) in [6, 6.07) is 9.00. The predicted molar refractivity (Wildman–Crippen MR) is 55.6 cm³/mol. The highest BCUT2D eigenvalue weighted by molar-refractivity contribution is 5.94. The van der Waals surface area contributed by atoms with E-state index in [1.165, 1.54) is 0 Å². The molecule has 0 saturated heterocycles. The largest absolute Gasteiger partial charge is 0.545 e. The number of hydrogen-bond donors (Lipinski definition) is 0. The first-order valence-electron chi connectivity index (χ1n) is 4.99. The predicted octanol–water partition coefficient (Wildman–Crippen LogP) is 1.27. The molecule has 0 radical (unpaired) electrons. The van der Waals surface area contributed by atoms with E-state index in [4.69, 9.17) is 4.52 Å². The van der Waals surface area contributed by atoms with E-state index in [1.807, 2.05) is 25.1 Å². The Morgan fingerprint density at radius 1 is 1.38 bits per heavy atom. The minimum atomic E-state index is -1.25. The van der Waals surface area contributed by atoms with Gasteiger partial charge in [-0.05, 0) is 6.42 Å². The summed E-state index contributed by atoms with van der Waals surface area (Å²) in [6.45, 7) is 1.82. The van der Waals surface area contributed by atoms with Crippen LogP contribution in [0.15, 0.2) is 34.9 Å². The lowest BCUT2D eigenvalue weighted by Gasteiger charge is -2.03. The second-order valence-corrected chi connectivity index (χ2v) is 3.34. The number of carbonyl (C=O) groups excluding carboxylic acids is 1. The van der Waals surface area contributed by atoms with Gasteiger partial charge in [0.2, 0.25) is 0 Å². The van der Waals surface area contributed by atoms with Gasteiger partial charge < -0.3 is 14.4 Å². The summed E-state index contributed by atoms with van der Waals surface area (Å²) in [5.74, 6) is -0.991. The minimum Gasteiger partial charge on any atom is -0.545 e. The number of hydrogen-bond acceptors (Lipinski definition) is 4. The molecule has 0 unspecified atom stereocenters. The van der Waals surface area contributed by atoms with Crippen molar-refractivity contribution in [3.63, 3.8) is 0 Å². The fourth-order valence-electron chi connectivity index (χ4n) is 1.56. The second kappa shape index (κ2) is 4.18. The number of carboxylic acids is 1. The lowest BCUT2D eigenvalue weighted by molar-refractivity contribution is -0.255. The molecule has 82 valence electrons. The summed E-state index contributed by atoms with van der Waals surface area (Å²) in [7, 11) is 0. The van der Waals surface area contributed by atoms with Crippen molar-refractivity contribution in [1.82, 2.24) is 5.16 Å². The number of nitrogens with zero attached hydrogens (tertiary/aromatic N) is 1. The first-order valence-corrected chi connectivity index (χ1v) is 4.99. The molecule has 2 aromatic rings. The summed E-state index contributed by atoms with van der Waals surface area (Å²) in [6.07, 6.45) is 0.500. The highest BCUT2D eigenvalue weighted by Crippen LogP contribution is 2.25. The molecule has 0 fully saturated rings. The molecule has 0 amide bonds. The molecule has 0 aliphatic heterocycles. The van der Waals surface area contributed by atoms with E-state index >= 15 is 0 Å². The number of aryl methyl sites for hydroxylation is 1. The zero-order valence-corrected chi connectivity index (χ0v) is 8.77. The molecule has 4 heteroatoms. The van der Waals surface area contributed by atoms with E-state index in [0.717, 1.165) is 0 Å². The van der Waals surface area contributed by atoms with Crippen LogP contribution < -0.4 is 5.11 Å². The van der Waals surface area contributed by atoms with Crippen LogP contribution in [0.25, 0.3) is 11.3 Å². The standard InChI is InChI=1S/C12H11NO3/c1-2-9-10(12(14)15)11(16-13-9)8-6-4-3-5-7-8/h3-7H,2H2,1H3,(H,14,15)/p-1. The van der Waals surface area contributed by atoms with Crippen LogP contribution in [-0.2, 0) is 6.42 Å². The van der Waals surface area contributed by atoms with Crippen LogP contribution in [0.4, 0.5) is 0 Å². The first-order chi connectivity index (χ1) is 7.74. The molecule has 0 spiro atoms. The van der Waals surface area contributed by atoms with Crippen LogP contribution in [-0.4, -0.2) is 11.1 Å². The Morgan fingerprint density at radius 2 is 2.06 bits per heavy atom. The summed E-state index contributed by atoms with van der Waals surface area (Å²) in [4.78, 5) is 11.0. The van der Waals surface area contributed by atoms with Crippen molar-refractivity contribution < 1.29 is 14.4 Å². The monoisotopic (exact) mass is 216 g/mol. The Balaban J connectivity index is 2.58. The lowest BCUT2D eigenvalue weighted by Crippen LogP contribution is -2.23. The van der Waals surface area contributed by atoms with Crippen LogP contribution in [0.3, 0.4) is 0 Å². The Hall–Kier alpha value is -2.10. The van der Waals surface area contributed by atoms with Crippen LogP contribution in [0.2, 0.25) is 0 Å². The fraction of sp³-hybridized carbons (Fsp3) is 0.167. The number of carboxylic acid groups (broad SMARTS) is 1. The van der Waals surface area contributed by atoms with Crippen LogP contribution in [0, 0.1) is 0 Å². The molecule has 0 bridgehead atoms. The number of carbonyl (C=O) groups is 1. The highest BCUT2D eigenvalue weighted by Gasteiger charge is 2.16. The van der Waals surface area contributed by atoms with Crippen molar-refractivity contribution >= 4 is 5.97 Å². The van der Waals surface area contributed by atoms with Crippen molar-refractivity contribution in [2.75, 3.05) is 0 Å². The average molecular weight is 216 g/mol. The van der Waals surface area contributed by atoms with Gasteiger partial charge in [-0.1, -0.05) is 42.4 Å². The van der Waals surface area contributed by atoms with Crippen molar-refractivity contribution in [1.29, 1.82) is 0 Å². The number of rotatable bonds is 3. The number of aromatic carboxylic acids is 1. The Bertz CT molecular complexity index is 502. The molecule has 16 heavy (non-hydrogen) atoms. The molecule has 1 heterocycles. The van der Waals surface area contributed by atoms with Gasteiger partial charge in [0, 0.05) is 5.56 Å². The lowest BCUT2D eigenvalue weighted by atomic mass is 10.1. The van der Waals surface area contributed by atoms with E-state index in [2.05, 4.69) is 5.16 Å². The van der Waals surface area contributed by atoms with Gasteiger partial charge in [-0.2, -0.15) is 0 Å². The third-order valence-electron chi connectivity index (χ3n) is 2.34. The SMILES string of the molecule is CCc1noc(-c2ccccc2)c1C(=O)[O-]. The van der Waals surface area contributed by atoms with E-state index in [-0.39, 0.29) is 11.3 Å². The quantitative estimate of drug-likeness (QED) is 0.774. The molecule has 0 atom stereocenters. The summed E-state index contributed by atoms with van der Waals surface area (Å²) in [5, 5.41) is 14.8. The highest BCUT2D eigenvalue weighted by atomic mass is 16.5. The van der Waals surface area contributed by atoms with Crippen LogP contribution >= 0.6 is 0 Å². The van der Waals surface area contributed by atoms with Gasteiger partial charge in [0.05, 0.1) is 17.2 Å². The van der Waals surface area contributed by atoms with Crippen molar-refractivity contribution in [2.45, 2.75) is 13.3 Å². The molecule has 0 saturated carbocycles.